The molecule has 0 unspecified atom stereocenters. The number of hydrogen-bond acceptors (Lipinski definition) is 8. The largest absolute Gasteiger partial charge is 0.444 e. The first-order valence-corrected chi connectivity index (χ1v) is 11.0. The zero-order chi connectivity index (χ0) is 25.8. The molecular weight excluding hydrogens is 434 g/mol. The topological polar surface area (TPSA) is 140 Å². The molecule has 11 nitrogen and oxygen atoms in total. The average molecular weight is 474 g/mol. The van der Waals surface area contributed by atoms with Crippen molar-refractivity contribution in [3.8, 4) is 0 Å². The van der Waals surface area contributed by atoms with Crippen LogP contribution in [0.4, 0.5) is 9.59 Å². The summed E-state index contributed by atoms with van der Waals surface area (Å²) in [5, 5.41) is 5.56. The van der Waals surface area contributed by atoms with Gasteiger partial charge in [-0.3, -0.25) is 9.59 Å². The van der Waals surface area contributed by atoms with E-state index in [1.54, 1.807) is 27.7 Å². The van der Waals surface area contributed by atoms with Crippen LogP contribution in [0.5, 0.6) is 0 Å². The molecule has 1 heterocycles. The lowest BCUT2D eigenvalue weighted by Gasteiger charge is -2.19. The number of nitrogens with one attached hydrogen (secondary N) is 2. The molecule has 0 aromatic rings. The normalized spacial score (nSPS) is 14.6. The van der Waals surface area contributed by atoms with Crippen LogP contribution in [0.2, 0.25) is 0 Å². The highest BCUT2D eigenvalue weighted by molar-refractivity contribution is 6.01. The number of carbonyl (C=O) groups is 5. The maximum Gasteiger partial charge on any atom is 0.407 e. The summed E-state index contributed by atoms with van der Waals surface area (Å²) in [5.41, 5.74) is -0.924. The third kappa shape index (κ3) is 14.8. The summed E-state index contributed by atoms with van der Waals surface area (Å²) in [5.74, 6) is -2.00. The van der Waals surface area contributed by atoms with Gasteiger partial charge < -0.3 is 24.9 Å². The first kappa shape index (κ1) is 30.1. The number of imide groups is 1. The molecule has 0 aromatic heterocycles. The molecule has 0 bridgehead atoms. The summed E-state index contributed by atoms with van der Waals surface area (Å²) in [6, 6.07) is 0. The van der Waals surface area contributed by atoms with Gasteiger partial charge >= 0.3 is 18.2 Å². The van der Waals surface area contributed by atoms with Crippen LogP contribution in [0.3, 0.4) is 0 Å². The van der Waals surface area contributed by atoms with Crippen LogP contribution in [-0.2, 0) is 28.7 Å². The second-order valence-corrected chi connectivity index (χ2v) is 9.57. The quantitative estimate of drug-likeness (QED) is 0.425. The standard InChI is InChI=1S/C16H26N2O6.C6H13NO2/c1-11(14(21)24-18-12(19)8-9-13(18)20)7-5-6-10-17-15(22)23-16(2,3)4;1-6(2,3)9-5(8)7-4/h11H,5-10H2,1-4H3,(H,17,22);1-4H3,(H,7,8)/t11-;/m0./s1. The Morgan fingerprint density at radius 1 is 0.909 bits per heavy atom. The number of hydrogen-bond donors (Lipinski definition) is 2. The summed E-state index contributed by atoms with van der Waals surface area (Å²) in [4.78, 5) is 61.4. The minimum absolute atomic E-state index is 0.0802. The highest BCUT2D eigenvalue weighted by atomic mass is 16.7. The van der Waals surface area contributed by atoms with Gasteiger partial charge in [-0.1, -0.05) is 13.3 Å². The number of unbranched alkanes of at least 4 members (excludes halogenated alkanes) is 1. The van der Waals surface area contributed by atoms with Crippen molar-refractivity contribution >= 4 is 30.0 Å². The molecule has 0 spiro atoms. The Bertz CT molecular complexity index is 679. The minimum Gasteiger partial charge on any atom is -0.444 e. The molecule has 33 heavy (non-hydrogen) atoms. The van der Waals surface area contributed by atoms with E-state index in [1.807, 2.05) is 20.8 Å². The molecule has 0 saturated carbocycles. The van der Waals surface area contributed by atoms with E-state index in [1.165, 1.54) is 7.05 Å². The number of amides is 4. The Morgan fingerprint density at radius 2 is 1.39 bits per heavy atom. The van der Waals surface area contributed by atoms with E-state index >= 15 is 0 Å². The fourth-order valence-electron chi connectivity index (χ4n) is 2.36. The first-order valence-electron chi connectivity index (χ1n) is 11.0. The molecule has 11 heteroatoms. The smallest absolute Gasteiger partial charge is 0.407 e. The van der Waals surface area contributed by atoms with Crippen LogP contribution in [0.15, 0.2) is 0 Å². The zero-order valence-electron chi connectivity index (χ0n) is 21.0. The second-order valence-electron chi connectivity index (χ2n) is 9.57. The molecule has 1 atom stereocenters. The van der Waals surface area contributed by atoms with E-state index < -0.39 is 35.4 Å². The van der Waals surface area contributed by atoms with Crippen LogP contribution in [0.1, 0.15) is 80.6 Å². The van der Waals surface area contributed by atoms with E-state index in [2.05, 4.69) is 10.6 Å². The van der Waals surface area contributed by atoms with Crippen molar-refractivity contribution in [2.75, 3.05) is 13.6 Å². The summed E-state index contributed by atoms with van der Waals surface area (Å²) in [7, 11) is 1.54. The molecule has 1 aliphatic rings. The maximum atomic E-state index is 11.9. The number of alkyl carbamates (subject to hydrolysis) is 2. The molecule has 1 rings (SSSR count). The van der Waals surface area contributed by atoms with Gasteiger partial charge in [0, 0.05) is 26.4 Å². The van der Waals surface area contributed by atoms with E-state index in [0.717, 1.165) is 0 Å². The number of carbonyl (C=O) groups excluding carboxylic acids is 5. The van der Waals surface area contributed by atoms with Crippen LogP contribution >= 0.6 is 0 Å². The van der Waals surface area contributed by atoms with Gasteiger partial charge in [0.15, 0.2) is 0 Å². The van der Waals surface area contributed by atoms with Gasteiger partial charge in [-0.25, -0.2) is 14.4 Å². The van der Waals surface area contributed by atoms with Gasteiger partial charge in [0.05, 0.1) is 5.92 Å². The molecular formula is C22H39N3O8. The molecule has 0 aliphatic carbocycles. The fraction of sp³-hybridized carbons (Fsp3) is 0.773. The predicted octanol–water partition coefficient (Wildman–Crippen LogP) is 3.07. The Hall–Kier alpha value is -2.85. The van der Waals surface area contributed by atoms with Gasteiger partial charge in [-0.05, 0) is 54.4 Å². The van der Waals surface area contributed by atoms with Crippen molar-refractivity contribution in [1.29, 1.82) is 0 Å². The van der Waals surface area contributed by atoms with Crippen molar-refractivity contribution in [2.45, 2.75) is 91.8 Å². The third-order valence-electron chi connectivity index (χ3n) is 3.92. The summed E-state index contributed by atoms with van der Waals surface area (Å²) >= 11 is 0. The summed E-state index contributed by atoms with van der Waals surface area (Å²) in [6.45, 7) is 12.9. The molecule has 0 aromatic carbocycles. The average Bonchev–Trinajstić information content (AvgIpc) is 2.97. The molecule has 190 valence electrons. The molecule has 1 saturated heterocycles. The van der Waals surface area contributed by atoms with Gasteiger partial charge in [0.1, 0.15) is 11.2 Å². The summed E-state index contributed by atoms with van der Waals surface area (Å²) < 4.78 is 9.94. The van der Waals surface area contributed by atoms with Gasteiger partial charge in [-0.2, -0.15) is 0 Å². The van der Waals surface area contributed by atoms with Gasteiger partial charge in [0.25, 0.3) is 11.8 Å². The predicted molar refractivity (Wildman–Crippen MR) is 120 cm³/mol. The lowest BCUT2D eigenvalue weighted by molar-refractivity contribution is -0.200. The minimum atomic E-state index is -0.598. The van der Waals surface area contributed by atoms with Crippen LogP contribution in [0, 0.1) is 5.92 Å². The fourth-order valence-corrected chi connectivity index (χ4v) is 2.36. The molecule has 4 amide bonds. The lowest BCUT2D eigenvalue weighted by atomic mass is 10.0. The van der Waals surface area contributed by atoms with Gasteiger partial charge in [0.2, 0.25) is 0 Å². The molecule has 0 radical (unpaired) electrons. The monoisotopic (exact) mass is 473 g/mol. The number of hydroxylamine groups is 2. The zero-order valence-corrected chi connectivity index (χ0v) is 21.0. The van der Waals surface area contributed by atoms with Crippen molar-refractivity contribution in [1.82, 2.24) is 15.7 Å². The van der Waals surface area contributed by atoms with Crippen LogP contribution in [-0.4, -0.2) is 59.8 Å². The number of nitrogens with zero attached hydrogens (tertiary/aromatic N) is 1. The van der Waals surface area contributed by atoms with E-state index in [4.69, 9.17) is 14.3 Å². The Balaban J connectivity index is 0.000000960. The van der Waals surface area contributed by atoms with E-state index in [9.17, 15) is 24.0 Å². The number of ether oxygens (including phenoxy) is 2. The van der Waals surface area contributed by atoms with Crippen molar-refractivity contribution < 1.29 is 38.3 Å². The Labute approximate surface area is 195 Å². The molecule has 2 N–H and O–H groups in total. The Morgan fingerprint density at radius 3 is 1.82 bits per heavy atom. The lowest BCUT2D eigenvalue weighted by Crippen LogP contribution is -2.34. The maximum absolute atomic E-state index is 11.9. The molecule has 1 fully saturated rings. The van der Waals surface area contributed by atoms with E-state index in [0.29, 0.717) is 30.9 Å². The number of rotatable bonds is 7. The second kappa shape index (κ2) is 13.6. The third-order valence-corrected chi connectivity index (χ3v) is 3.92. The van der Waals surface area contributed by atoms with E-state index in [-0.39, 0.29) is 24.5 Å². The molecule has 1 aliphatic heterocycles. The first-order chi connectivity index (χ1) is 15.1. The summed E-state index contributed by atoms with van der Waals surface area (Å²) in [6.07, 6.45) is 1.20. The van der Waals surface area contributed by atoms with Crippen molar-refractivity contribution in [3.63, 3.8) is 0 Å². The SMILES string of the molecule is CNC(=O)OC(C)(C)C.C[C@@H](CCCCNC(=O)OC(C)(C)C)C(=O)ON1C(=O)CCC1=O. The highest BCUT2D eigenvalue weighted by Crippen LogP contribution is 2.16. The Kier molecular flexibility index (Phi) is 12.5. The van der Waals surface area contributed by atoms with Crippen molar-refractivity contribution in [3.05, 3.63) is 0 Å². The van der Waals surface area contributed by atoms with Gasteiger partial charge in [-0.15, -0.1) is 5.06 Å². The van der Waals surface area contributed by atoms with Crippen LogP contribution < -0.4 is 10.6 Å². The highest BCUT2D eigenvalue weighted by Gasteiger charge is 2.33. The van der Waals surface area contributed by atoms with Crippen LogP contribution in [0.25, 0.3) is 0 Å². The van der Waals surface area contributed by atoms with Crippen molar-refractivity contribution in [2.24, 2.45) is 5.92 Å².